The molecule has 0 aromatic heterocycles. The third-order valence-corrected chi connectivity index (χ3v) is 3.86. The lowest BCUT2D eigenvalue weighted by Gasteiger charge is -2.10. The SMILES string of the molecule is CCCCS(=O)(=O)Nc1ccc(C(=O)O)cc1C. The zero-order chi connectivity index (χ0) is 13.8. The average Bonchev–Trinajstić information content (AvgIpc) is 2.29. The molecule has 18 heavy (non-hydrogen) atoms. The first kappa shape index (κ1) is 14.5. The number of unbranched alkanes of at least 4 members (excludes halogenated alkanes) is 1. The molecule has 0 heterocycles. The molecule has 0 aliphatic rings. The van der Waals surface area contributed by atoms with Crippen LogP contribution in [0.1, 0.15) is 35.7 Å². The van der Waals surface area contributed by atoms with E-state index in [-0.39, 0.29) is 11.3 Å². The standard InChI is InChI=1S/C12H17NO4S/c1-3-4-7-18(16,17)13-11-6-5-10(12(14)15)8-9(11)2/h5-6,8,13H,3-4,7H2,1-2H3,(H,14,15). The number of carbonyl (C=O) groups is 1. The van der Waals surface area contributed by atoms with Crippen molar-refractivity contribution in [2.45, 2.75) is 26.7 Å². The first-order valence-corrected chi connectivity index (χ1v) is 7.35. The monoisotopic (exact) mass is 271 g/mol. The summed E-state index contributed by atoms with van der Waals surface area (Å²) in [5, 5.41) is 8.81. The van der Waals surface area contributed by atoms with Gasteiger partial charge in [0, 0.05) is 0 Å². The molecule has 0 spiro atoms. The lowest BCUT2D eigenvalue weighted by atomic mass is 10.1. The maximum Gasteiger partial charge on any atom is 0.335 e. The minimum atomic E-state index is -3.35. The molecule has 0 saturated carbocycles. The van der Waals surface area contributed by atoms with Gasteiger partial charge in [-0.15, -0.1) is 0 Å². The predicted octanol–water partition coefficient (Wildman–Crippen LogP) is 2.24. The maximum atomic E-state index is 11.7. The Hall–Kier alpha value is -1.56. The second-order valence-corrected chi connectivity index (χ2v) is 5.95. The molecule has 6 heteroatoms. The topological polar surface area (TPSA) is 83.5 Å². The van der Waals surface area contributed by atoms with E-state index >= 15 is 0 Å². The minimum absolute atomic E-state index is 0.0730. The summed E-state index contributed by atoms with van der Waals surface area (Å²) in [4.78, 5) is 10.8. The molecular formula is C12H17NO4S. The van der Waals surface area contributed by atoms with Crippen LogP contribution in [0.25, 0.3) is 0 Å². The molecule has 1 rings (SSSR count). The quantitative estimate of drug-likeness (QED) is 0.831. The van der Waals surface area contributed by atoms with Crippen molar-refractivity contribution < 1.29 is 18.3 Å². The van der Waals surface area contributed by atoms with E-state index in [1.54, 1.807) is 6.92 Å². The zero-order valence-corrected chi connectivity index (χ0v) is 11.3. The first-order valence-electron chi connectivity index (χ1n) is 5.70. The third-order valence-electron chi connectivity index (χ3n) is 2.51. The molecule has 100 valence electrons. The zero-order valence-electron chi connectivity index (χ0n) is 10.4. The third kappa shape index (κ3) is 4.03. The van der Waals surface area contributed by atoms with E-state index in [0.717, 1.165) is 6.42 Å². The molecule has 0 fully saturated rings. The van der Waals surface area contributed by atoms with Gasteiger partial charge < -0.3 is 5.11 Å². The van der Waals surface area contributed by atoms with Crippen LogP contribution in [0.15, 0.2) is 18.2 Å². The summed E-state index contributed by atoms with van der Waals surface area (Å²) in [5.41, 5.74) is 1.16. The van der Waals surface area contributed by atoms with Gasteiger partial charge in [-0.2, -0.15) is 0 Å². The number of nitrogens with one attached hydrogen (secondary N) is 1. The summed E-state index contributed by atoms with van der Waals surface area (Å²) < 4.78 is 25.9. The molecule has 2 N–H and O–H groups in total. The van der Waals surface area contributed by atoms with Crippen LogP contribution >= 0.6 is 0 Å². The fourth-order valence-corrected chi connectivity index (χ4v) is 2.80. The van der Waals surface area contributed by atoms with Gasteiger partial charge in [-0.25, -0.2) is 13.2 Å². The van der Waals surface area contributed by atoms with Gasteiger partial charge in [0.15, 0.2) is 0 Å². The van der Waals surface area contributed by atoms with E-state index < -0.39 is 16.0 Å². The van der Waals surface area contributed by atoms with Gasteiger partial charge in [-0.1, -0.05) is 13.3 Å². The van der Waals surface area contributed by atoms with Crippen LogP contribution in [0.5, 0.6) is 0 Å². The number of sulfonamides is 1. The van der Waals surface area contributed by atoms with Gasteiger partial charge in [-0.3, -0.25) is 4.72 Å². The van der Waals surface area contributed by atoms with Crippen LogP contribution in [0.2, 0.25) is 0 Å². The van der Waals surface area contributed by atoms with E-state index in [1.165, 1.54) is 18.2 Å². The van der Waals surface area contributed by atoms with Crippen molar-refractivity contribution in [2.24, 2.45) is 0 Å². The molecule has 0 saturated heterocycles. The smallest absolute Gasteiger partial charge is 0.335 e. The summed E-state index contributed by atoms with van der Waals surface area (Å²) in [6, 6.07) is 4.30. The fraction of sp³-hybridized carbons (Fsp3) is 0.417. The summed E-state index contributed by atoms with van der Waals surface area (Å²) >= 11 is 0. The van der Waals surface area contributed by atoms with Gasteiger partial charge in [0.25, 0.3) is 0 Å². The van der Waals surface area contributed by atoms with Crippen LogP contribution in [0.4, 0.5) is 5.69 Å². The Balaban J connectivity index is 2.89. The highest BCUT2D eigenvalue weighted by atomic mass is 32.2. The Morgan fingerprint density at radius 3 is 2.56 bits per heavy atom. The lowest BCUT2D eigenvalue weighted by molar-refractivity contribution is 0.0697. The highest BCUT2D eigenvalue weighted by Gasteiger charge is 2.12. The summed E-state index contributed by atoms with van der Waals surface area (Å²) in [5.74, 6) is -0.956. The van der Waals surface area contributed by atoms with Crippen LogP contribution in [0.3, 0.4) is 0 Å². The minimum Gasteiger partial charge on any atom is -0.478 e. The molecule has 5 nitrogen and oxygen atoms in total. The number of benzene rings is 1. The Morgan fingerprint density at radius 1 is 1.39 bits per heavy atom. The summed E-state index contributed by atoms with van der Waals surface area (Å²) in [6.07, 6.45) is 1.40. The molecular weight excluding hydrogens is 254 g/mol. The fourth-order valence-electron chi connectivity index (χ4n) is 1.46. The van der Waals surface area contributed by atoms with Crippen LogP contribution in [0, 0.1) is 6.92 Å². The predicted molar refractivity (Wildman–Crippen MR) is 70.5 cm³/mol. The molecule has 0 atom stereocenters. The first-order chi connectivity index (χ1) is 8.35. The van der Waals surface area contributed by atoms with Gasteiger partial charge in [0.1, 0.15) is 0 Å². The van der Waals surface area contributed by atoms with Crippen molar-refractivity contribution in [3.63, 3.8) is 0 Å². The Kier molecular flexibility index (Phi) is 4.72. The Morgan fingerprint density at radius 2 is 2.06 bits per heavy atom. The van der Waals surface area contributed by atoms with E-state index in [1.807, 2.05) is 6.92 Å². The molecule has 0 amide bonds. The van der Waals surface area contributed by atoms with Gasteiger partial charge >= 0.3 is 5.97 Å². The number of aromatic carboxylic acids is 1. The van der Waals surface area contributed by atoms with E-state index in [0.29, 0.717) is 17.7 Å². The van der Waals surface area contributed by atoms with E-state index in [4.69, 9.17) is 5.11 Å². The van der Waals surface area contributed by atoms with Gasteiger partial charge in [0.05, 0.1) is 17.0 Å². The van der Waals surface area contributed by atoms with Crippen molar-refractivity contribution in [2.75, 3.05) is 10.5 Å². The van der Waals surface area contributed by atoms with Crippen molar-refractivity contribution in [3.05, 3.63) is 29.3 Å². The number of rotatable bonds is 6. The molecule has 0 radical (unpaired) electrons. The molecule has 0 unspecified atom stereocenters. The average molecular weight is 271 g/mol. The maximum absolute atomic E-state index is 11.7. The molecule has 1 aromatic carbocycles. The lowest BCUT2D eigenvalue weighted by Crippen LogP contribution is -2.17. The van der Waals surface area contributed by atoms with Crippen LogP contribution < -0.4 is 4.72 Å². The molecule has 0 aliphatic heterocycles. The highest BCUT2D eigenvalue weighted by molar-refractivity contribution is 7.92. The molecule has 1 aromatic rings. The number of aryl methyl sites for hydroxylation is 1. The van der Waals surface area contributed by atoms with E-state index in [2.05, 4.69) is 4.72 Å². The summed E-state index contributed by atoms with van der Waals surface area (Å²) in [7, 11) is -3.35. The second-order valence-electron chi connectivity index (χ2n) is 4.11. The van der Waals surface area contributed by atoms with Gasteiger partial charge in [0.2, 0.25) is 10.0 Å². The Labute approximate surface area is 107 Å². The van der Waals surface area contributed by atoms with Crippen molar-refractivity contribution in [1.82, 2.24) is 0 Å². The largest absolute Gasteiger partial charge is 0.478 e. The van der Waals surface area contributed by atoms with Crippen LogP contribution in [-0.2, 0) is 10.0 Å². The highest BCUT2D eigenvalue weighted by Crippen LogP contribution is 2.18. The number of hydrogen-bond acceptors (Lipinski definition) is 3. The summed E-state index contributed by atoms with van der Waals surface area (Å²) in [6.45, 7) is 3.59. The van der Waals surface area contributed by atoms with Crippen LogP contribution in [-0.4, -0.2) is 25.2 Å². The molecule has 0 aliphatic carbocycles. The van der Waals surface area contributed by atoms with Gasteiger partial charge in [-0.05, 0) is 37.1 Å². The van der Waals surface area contributed by atoms with Crippen molar-refractivity contribution in [3.8, 4) is 0 Å². The number of carboxylic acid groups (broad SMARTS) is 1. The van der Waals surface area contributed by atoms with Crippen molar-refractivity contribution >= 4 is 21.7 Å². The van der Waals surface area contributed by atoms with Crippen molar-refractivity contribution in [1.29, 1.82) is 0 Å². The molecule has 0 bridgehead atoms. The number of anilines is 1. The van der Waals surface area contributed by atoms with E-state index in [9.17, 15) is 13.2 Å². The Bertz CT molecular complexity index is 537. The second kappa shape index (κ2) is 5.86. The number of hydrogen-bond donors (Lipinski definition) is 2. The normalized spacial score (nSPS) is 11.2. The number of carboxylic acids is 1.